The van der Waals surface area contributed by atoms with Gasteiger partial charge in [0, 0.05) is 38.3 Å². The molecule has 2 aromatic carbocycles. The summed E-state index contributed by atoms with van der Waals surface area (Å²) in [4.78, 5) is 24.9. The summed E-state index contributed by atoms with van der Waals surface area (Å²) in [7, 11) is 3.17. The number of alkyl halides is 3. The Kier molecular flexibility index (Phi) is 8.90. The van der Waals surface area contributed by atoms with Crippen molar-refractivity contribution in [1.29, 1.82) is 0 Å². The maximum Gasteiger partial charge on any atom is 0.418 e. The van der Waals surface area contributed by atoms with E-state index in [2.05, 4.69) is 10.6 Å². The van der Waals surface area contributed by atoms with E-state index >= 15 is 0 Å². The lowest BCUT2D eigenvalue weighted by Gasteiger charge is -2.23. The molecule has 0 radical (unpaired) electrons. The molecule has 0 saturated carbocycles. The molecule has 2 rings (SSSR count). The number of nitrogens with zero attached hydrogens (tertiary/aromatic N) is 1. The van der Waals surface area contributed by atoms with Crippen molar-refractivity contribution < 1.29 is 22.8 Å². The number of halogens is 3. The van der Waals surface area contributed by atoms with E-state index in [-0.39, 0.29) is 17.5 Å². The van der Waals surface area contributed by atoms with E-state index in [1.165, 1.54) is 17.0 Å². The highest BCUT2D eigenvalue weighted by atomic mass is 19.4. The van der Waals surface area contributed by atoms with Crippen LogP contribution >= 0.6 is 0 Å². The second kappa shape index (κ2) is 11.4. The number of rotatable bonds is 10. The fourth-order valence-corrected chi connectivity index (χ4v) is 3.17. The average molecular weight is 435 g/mol. The zero-order valence-corrected chi connectivity index (χ0v) is 17.8. The van der Waals surface area contributed by atoms with Gasteiger partial charge in [0.1, 0.15) is 0 Å². The van der Waals surface area contributed by atoms with Gasteiger partial charge in [-0.15, -0.1) is 0 Å². The molecule has 0 aliphatic rings. The SMILES string of the molecule is CNC(=O)CCCCCCNC(=O)c1ccc(N(C)c2ccccc2C(F)(F)F)cc1. The van der Waals surface area contributed by atoms with E-state index in [1.54, 1.807) is 44.4 Å². The molecule has 0 heterocycles. The van der Waals surface area contributed by atoms with E-state index in [4.69, 9.17) is 0 Å². The van der Waals surface area contributed by atoms with Gasteiger partial charge in [0.25, 0.3) is 5.91 Å². The van der Waals surface area contributed by atoms with Crippen LogP contribution in [0.4, 0.5) is 24.5 Å². The van der Waals surface area contributed by atoms with Crippen LogP contribution in [-0.4, -0.2) is 32.5 Å². The van der Waals surface area contributed by atoms with Crippen molar-refractivity contribution in [3.63, 3.8) is 0 Å². The Morgan fingerprint density at radius 2 is 1.58 bits per heavy atom. The first-order valence-electron chi connectivity index (χ1n) is 10.2. The standard InChI is InChI=1S/C23H28F3N3O2/c1-27-21(30)11-5-3-4-8-16-28-22(31)17-12-14-18(15-13-17)29(2)20-10-7-6-9-19(20)23(24,25)26/h6-7,9-10,12-15H,3-5,8,11,16H2,1-2H3,(H,27,30)(H,28,31). The van der Waals surface area contributed by atoms with Crippen molar-refractivity contribution in [2.75, 3.05) is 25.5 Å². The topological polar surface area (TPSA) is 61.4 Å². The van der Waals surface area contributed by atoms with Crippen LogP contribution in [0.1, 0.15) is 48.0 Å². The van der Waals surface area contributed by atoms with E-state index in [0.29, 0.717) is 24.2 Å². The Hall–Kier alpha value is -3.03. The minimum atomic E-state index is -4.45. The molecule has 0 saturated heterocycles. The van der Waals surface area contributed by atoms with Crippen LogP contribution in [0, 0.1) is 0 Å². The zero-order chi connectivity index (χ0) is 22.9. The molecule has 0 fully saturated rings. The van der Waals surface area contributed by atoms with Crippen molar-refractivity contribution in [1.82, 2.24) is 10.6 Å². The van der Waals surface area contributed by atoms with Crippen LogP contribution in [0.3, 0.4) is 0 Å². The molecular weight excluding hydrogens is 407 g/mol. The third kappa shape index (κ3) is 7.31. The van der Waals surface area contributed by atoms with Gasteiger partial charge >= 0.3 is 6.18 Å². The largest absolute Gasteiger partial charge is 0.418 e. The number of carbonyl (C=O) groups excluding carboxylic acids is 2. The number of hydrogen-bond acceptors (Lipinski definition) is 3. The number of nitrogens with one attached hydrogen (secondary N) is 2. The normalized spacial score (nSPS) is 11.1. The third-order valence-electron chi connectivity index (χ3n) is 4.98. The molecular formula is C23H28F3N3O2. The van der Waals surface area contributed by atoms with Crippen LogP contribution in [0.15, 0.2) is 48.5 Å². The Bertz CT molecular complexity index is 867. The van der Waals surface area contributed by atoms with Gasteiger partial charge in [-0.3, -0.25) is 9.59 Å². The smallest absolute Gasteiger partial charge is 0.359 e. The second-order valence-corrected chi connectivity index (χ2v) is 7.21. The Labute approximate surface area is 180 Å². The van der Waals surface area contributed by atoms with Crippen LogP contribution in [-0.2, 0) is 11.0 Å². The molecule has 0 atom stereocenters. The first-order valence-corrected chi connectivity index (χ1v) is 10.2. The molecule has 168 valence electrons. The molecule has 2 amide bonds. The summed E-state index contributed by atoms with van der Waals surface area (Å²) >= 11 is 0. The molecule has 0 bridgehead atoms. The number of unbranched alkanes of at least 4 members (excludes halogenated alkanes) is 3. The number of carbonyl (C=O) groups is 2. The summed E-state index contributed by atoms with van der Waals surface area (Å²) in [5.74, 6) is -0.195. The maximum atomic E-state index is 13.3. The van der Waals surface area contributed by atoms with Crippen molar-refractivity contribution >= 4 is 23.2 Å². The highest BCUT2D eigenvalue weighted by Gasteiger charge is 2.34. The highest BCUT2D eigenvalue weighted by Crippen LogP contribution is 2.38. The zero-order valence-electron chi connectivity index (χ0n) is 17.8. The summed E-state index contributed by atoms with van der Waals surface area (Å²) in [6.07, 6.45) is -0.470. The maximum absolute atomic E-state index is 13.3. The number of para-hydroxylation sites is 1. The number of anilines is 2. The first-order chi connectivity index (χ1) is 14.7. The highest BCUT2D eigenvalue weighted by molar-refractivity contribution is 5.94. The van der Waals surface area contributed by atoms with Gasteiger partial charge in [0.2, 0.25) is 5.91 Å². The molecule has 0 aromatic heterocycles. The van der Waals surface area contributed by atoms with Crippen molar-refractivity contribution in [2.45, 2.75) is 38.3 Å². The minimum absolute atomic E-state index is 0.0317. The number of amides is 2. The van der Waals surface area contributed by atoms with Gasteiger partial charge < -0.3 is 15.5 Å². The number of benzene rings is 2. The van der Waals surface area contributed by atoms with Gasteiger partial charge in [-0.25, -0.2) is 0 Å². The lowest BCUT2D eigenvalue weighted by Crippen LogP contribution is -2.24. The van der Waals surface area contributed by atoms with Crippen molar-refractivity contribution in [3.05, 3.63) is 59.7 Å². The van der Waals surface area contributed by atoms with E-state index in [9.17, 15) is 22.8 Å². The quantitative estimate of drug-likeness (QED) is 0.522. The Morgan fingerprint density at radius 3 is 2.23 bits per heavy atom. The van der Waals surface area contributed by atoms with Crippen molar-refractivity contribution in [2.24, 2.45) is 0 Å². The molecule has 2 N–H and O–H groups in total. The van der Waals surface area contributed by atoms with Gasteiger partial charge in [0.05, 0.1) is 11.3 Å². The van der Waals surface area contributed by atoms with Crippen molar-refractivity contribution in [3.8, 4) is 0 Å². The average Bonchev–Trinajstić information content (AvgIpc) is 2.77. The summed E-state index contributed by atoms with van der Waals surface area (Å²) in [6, 6.07) is 11.8. The van der Waals surface area contributed by atoms with E-state index in [1.807, 2.05) is 0 Å². The van der Waals surface area contributed by atoms with E-state index in [0.717, 1.165) is 31.7 Å². The molecule has 0 unspecified atom stereocenters. The summed E-state index contributed by atoms with van der Waals surface area (Å²) in [5.41, 5.74) is 0.323. The Morgan fingerprint density at radius 1 is 0.935 bits per heavy atom. The van der Waals surface area contributed by atoms with E-state index < -0.39 is 11.7 Å². The minimum Gasteiger partial charge on any atom is -0.359 e. The predicted molar refractivity (Wildman–Crippen MR) is 115 cm³/mol. The molecule has 5 nitrogen and oxygen atoms in total. The molecule has 31 heavy (non-hydrogen) atoms. The van der Waals surface area contributed by atoms with Gasteiger partial charge in [-0.1, -0.05) is 25.0 Å². The third-order valence-corrected chi connectivity index (χ3v) is 4.98. The van der Waals surface area contributed by atoms with Crippen LogP contribution < -0.4 is 15.5 Å². The lowest BCUT2D eigenvalue weighted by molar-refractivity contribution is -0.137. The summed E-state index contributed by atoms with van der Waals surface area (Å²) < 4.78 is 39.8. The predicted octanol–water partition coefficient (Wildman–Crippen LogP) is 4.90. The second-order valence-electron chi connectivity index (χ2n) is 7.21. The lowest BCUT2D eigenvalue weighted by atomic mass is 10.1. The monoisotopic (exact) mass is 435 g/mol. The van der Waals surface area contributed by atoms with Gasteiger partial charge in [-0.2, -0.15) is 13.2 Å². The Balaban J connectivity index is 1.86. The summed E-state index contributed by atoms with van der Waals surface area (Å²) in [6.45, 7) is 0.527. The van der Waals surface area contributed by atoms with Crippen LogP contribution in [0.5, 0.6) is 0 Å². The van der Waals surface area contributed by atoms with Crippen LogP contribution in [0.25, 0.3) is 0 Å². The molecule has 2 aromatic rings. The molecule has 0 spiro atoms. The van der Waals surface area contributed by atoms with Gasteiger partial charge in [0.15, 0.2) is 0 Å². The first kappa shape index (κ1) is 24.2. The molecule has 0 aliphatic heterocycles. The van der Waals surface area contributed by atoms with Gasteiger partial charge in [-0.05, 0) is 49.2 Å². The molecule has 8 heteroatoms. The fourth-order valence-electron chi connectivity index (χ4n) is 3.17. The van der Waals surface area contributed by atoms with Crippen LogP contribution in [0.2, 0.25) is 0 Å². The summed E-state index contributed by atoms with van der Waals surface area (Å²) in [5, 5.41) is 5.42. The number of hydrogen-bond donors (Lipinski definition) is 2. The molecule has 0 aliphatic carbocycles. The fraction of sp³-hybridized carbons (Fsp3) is 0.391.